The molecule has 1 aromatic carbocycles. The van der Waals surface area contributed by atoms with E-state index in [4.69, 9.17) is 4.52 Å². The smallest absolute Gasteiger partial charge is 0.263 e. The van der Waals surface area contributed by atoms with Crippen molar-refractivity contribution in [2.24, 2.45) is 0 Å². The highest BCUT2D eigenvalue weighted by Gasteiger charge is 2.16. The summed E-state index contributed by atoms with van der Waals surface area (Å²) in [5.41, 5.74) is 1.09. The molecule has 0 aliphatic carbocycles. The average Bonchev–Trinajstić information content (AvgIpc) is 2.95. The number of aromatic nitrogens is 1. The molecule has 136 valence electrons. The number of nitrogens with one attached hydrogen (secondary N) is 1. The van der Waals surface area contributed by atoms with Crippen molar-refractivity contribution < 1.29 is 17.7 Å². The molecule has 0 amide bonds. The van der Waals surface area contributed by atoms with E-state index >= 15 is 0 Å². The van der Waals surface area contributed by atoms with Gasteiger partial charge < -0.3 is 4.52 Å². The normalized spacial score (nSPS) is 11.4. The Bertz CT molecular complexity index is 798. The van der Waals surface area contributed by atoms with E-state index < -0.39 is 10.0 Å². The summed E-state index contributed by atoms with van der Waals surface area (Å²) in [6, 6.07) is 8.36. The van der Waals surface area contributed by atoms with Crippen LogP contribution in [-0.4, -0.2) is 24.4 Å². The van der Waals surface area contributed by atoms with Crippen molar-refractivity contribution in [3.8, 4) is 0 Å². The van der Waals surface area contributed by atoms with Gasteiger partial charge in [0.2, 0.25) is 0 Å². The molecule has 1 N–H and O–H groups in total. The average molecular weight is 383 g/mol. The molecule has 0 saturated carbocycles. The SMILES string of the molecule is CC(=O)SCCCCCc1ccc(S(=O)(=O)Nc2cc(C)on2)cc1. The number of sulfonamides is 1. The fourth-order valence-corrected chi connectivity index (χ4v) is 3.89. The molecule has 0 atom stereocenters. The van der Waals surface area contributed by atoms with E-state index in [2.05, 4.69) is 9.88 Å². The lowest BCUT2D eigenvalue weighted by molar-refractivity contribution is -0.109. The van der Waals surface area contributed by atoms with E-state index in [0.717, 1.165) is 37.0 Å². The summed E-state index contributed by atoms with van der Waals surface area (Å²) < 4.78 is 31.8. The maximum absolute atomic E-state index is 12.3. The summed E-state index contributed by atoms with van der Waals surface area (Å²) in [6.07, 6.45) is 3.97. The number of rotatable bonds is 9. The lowest BCUT2D eigenvalue weighted by Gasteiger charge is -2.06. The van der Waals surface area contributed by atoms with Crippen LogP contribution in [0.3, 0.4) is 0 Å². The van der Waals surface area contributed by atoms with E-state index in [9.17, 15) is 13.2 Å². The van der Waals surface area contributed by atoms with Gasteiger partial charge in [-0.1, -0.05) is 35.5 Å². The van der Waals surface area contributed by atoms with Gasteiger partial charge in [-0.25, -0.2) is 8.42 Å². The number of benzene rings is 1. The van der Waals surface area contributed by atoms with Crippen LogP contribution in [0.1, 0.15) is 37.5 Å². The Balaban J connectivity index is 1.83. The van der Waals surface area contributed by atoms with Gasteiger partial charge in [-0.15, -0.1) is 0 Å². The quantitative estimate of drug-likeness (QED) is 0.664. The van der Waals surface area contributed by atoms with Crippen LogP contribution >= 0.6 is 11.8 Å². The van der Waals surface area contributed by atoms with Crippen LogP contribution in [-0.2, 0) is 21.2 Å². The number of hydrogen-bond donors (Lipinski definition) is 1. The van der Waals surface area contributed by atoms with Gasteiger partial charge in [0.25, 0.3) is 10.0 Å². The Morgan fingerprint density at radius 1 is 1.20 bits per heavy atom. The van der Waals surface area contributed by atoms with E-state index in [-0.39, 0.29) is 15.8 Å². The van der Waals surface area contributed by atoms with Gasteiger partial charge in [0.05, 0.1) is 4.90 Å². The second-order valence-electron chi connectivity index (χ2n) is 5.72. The molecule has 0 aliphatic heterocycles. The van der Waals surface area contributed by atoms with Crippen LogP contribution in [0.5, 0.6) is 0 Å². The summed E-state index contributed by atoms with van der Waals surface area (Å²) in [5, 5.41) is 3.79. The van der Waals surface area contributed by atoms with Gasteiger partial charge in [-0.3, -0.25) is 9.52 Å². The minimum atomic E-state index is -3.66. The number of aryl methyl sites for hydroxylation is 2. The second kappa shape index (κ2) is 9.05. The van der Waals surface area contributed by atoms with Crippen LogP contribution < -0.4 is 4.72 Å². The zero-order valence-electron chi connectivity index (χ0n) is 14.3. The highest BCUT2D eigenvalue weighted by Crippen LogP contribution is 2.17. The summed E-state index contributed by atoms with van der Waals surface area (Å²) >= 11 is 1.36. The lowest BCUT2D eigenvalue weighted by Crippen LogP contribution is -2.13. The highest BCUT2D eigenvalue weighted by atomic mass is 32.2. The van der Waals surface area contributed by atoms with Gasteiger partial charge in [0, 0.05) is 18.7 Å². The molecular formula is C17H22N2O4S2. The molecule has 0 unspecified atom stereocenters. The number of thioether (sulfide) groups is 1. The number of carbonyl (C=O) groups is 1. The van der Waals surface area contributed by atoms with E-state index in [0.29, 0.717) is 5.76 Å². The van der Waals surface area contributed by atoms with Crippen molar-refractivity contribution in [1.82, 2.24) is 5.16 Å². The van der Waals surface area contributed by atoms with E-state index in [1.165, 1.54) is 17.8 Å². The van der Waals surface area contributed by atoms with Crippen LogP contribution in [0.4, 0.5) is 5.82 Å². The summed E-state index contributed by atoms with van der Waals surface area (Å²) in [5.74, 6) is 1.57. The van der Waals surface area contributed by atoms with Crippen molar-refractivity contribution in [2.75, 3.05) is 10.5 Å². The number of unbranched alkanes of at least 4 members (excludes halogenated alkanes) is 2. The van der Waals surface area contributed by atoms with Gasteiger partial charge in [0.15, 0.2) is 10.9 Å². The van der Waals surface area contributed by atoms with Crippen molar-refractivity contribution in [2.45, 2.75) is 44.4 Å². The standard InChI is InChI=1S/C17H22N2O4S2/c1-13-12-17(18-23-13)19-25(21,22)16-9-7-15(8-10-16)6-4-3-5-11-24-14(2)20/h7-10,12H,3-6,11H2,1-2H3,(H,18,19). The van der Waals surface area contributed by atoms with E-state index in [1.807, 2.05) is 12.1 Å². The van der Waals surface area contributed by atoms with Crippen molar-refractivity contribution >= 4 is 32.7 Å². The fraction of sp³-hybridized carbons (Fsp3) is 0.412. The third kappa shape index (κ3) is 6.55. The van der Waals surface area contributed by atoms with Crippen molar-refractivity contribution in [3.63, 3.8) is 0 Å². The topological polar surface area (TPSA) is 89.3 Å². The first kappa shape index (κ1) is 19.5. The summed E-state index contributed by atoms with van der Waals surface area (Å²) in [4.78, 5) is 11.0. The van der Waals surface area contributed by atoms with Gasteiger partial charge >= 0.3 is 0 Å². The van der Waals surface area contributed by atoms with Crippen molar-refractivity contribution in [1.29, 1.82) is 0 Å². The highest BCUT2D eigenvalue weighted by molar-refractivity contribution is 8.13. The molecule has 0 fully saturated rings. The second-order valence-corrected chi connectivity index (χ2v) is 8.68. The molecule has 2 rings (SSSR count). The molecule has 1 aromatic heterocycles. The molecule has 0 radical (unpaired) electrons. The third-order valence-electron chi connectivity index (χ3n) is 3.52. The summed E-state index contributed by atoms with van der Waals surface area (Å²) in [6.45, 7) is 3.28. The Hall–Kier alpha value is -1.80. The first-order valence-electron chi connectivity index (χ1n) is 8.05. The predicted octanol–water partition coefficient (Wildman–Crippen LogP) is 3.78. The van der Waals surface area contributed by atoms with Gasteiger partial charge in [-0.05, 0) is 43.9 Å². The Labute approximate surface area is 152 Å². The zero-order valence-corrected chi connectivity index (χ0v) is 16.0. The maximum Gasteiger partial charge on any atom is 0.263 e. The number of anilines is 1. The minimum Gasteiger partial charge on any atom is -0.360 e. The molecular weight excluding hydrogens is 360 g/mol. The fourth-order valence-electron chi connectivity index (χ4n) is 2.27. The maximum atomic E-state index is 12.3. The molecule has 0 spiro atoms. The van der Waals surface area contributed by atoms with Gasteiger partial charge in [-0.2, -0.15) is 0 Å². The molecule has 0 bridgehead atoms. The van der Waals surface area contributed by atoms with Gasteiger partial charge in [0.1, 0.15) is 5.76 Å². The number of carbonyl (C=O) groups excluding carboxylic acids is 1. The van der Waals surface area contributed by atoms with Crippen LogP contribution in [0, 0.1) is 6.92 Å². The summed E-state index contributed by atoms with van der Waals surface area (Å²) in [7, 11) is -3.66. The largest absolute Gasteiger partial charge is 0.360 e. The molecule has 6 nitrogen and oxygen atoms in total. The Morgan fingerprint density at radius 3 is 2.52 bits per heavy atom. The molecule has 1 heterocycles. The lowest BCUT2D eigenvalue weighted by atomic mass is 10.1. The first-order valence-corrected chi connectivity index (χ1v) is 10.5. The molecule has 2 aromatic rings. The third-order valence-corrected chi connectivity index (χ3v) is 5.79. The predicted molar refractivity (Wildman–Crippen MR) is 99.2 cm³/mol. The first-order chi connectivity index (χ1) is 11.9. The number of hydrogen-bond acceptors (Lipinski definition) is 6. The van der Waals surface area contributed by atoms with Crippen LogP contribution in [0.15, 0.2) is 39.8 Å². The monoisotopic (exact) mass is 382 g/mol. The van der Waals surface area contributed by atoms with Crippen LogP contribution in [0.25, 0.3) is 0 Å². The minimum absolute atomic E-state index is 0.159. The Morgan fingerprint density at radius 2 is 1.92 bits per heavy atom. The van der Waals surface area contributed by atoms with E-state index in [1.54, 1.807) is 26.0 Å². The van der Waals surface area contributed by atoms with Crippen LogP contribution in [0.2, 0.25) is 0 Å². The Kier molecular flexibility index (Phi) is 7.07. The molecule has 8 heteroatoms. The molecule has 25 heavy (non-hydrogen) atoms. The molecule has 0 aliphatic rings. The zero-order chi connectivity index (χ0) is 18.3. The van der Waals surface area contributed by atoms with Crippen molar-refractivity contribution in [3.05, 3.63) is 41.7 Å². The number of nitrogens with zero attached hydrogens (tertiary/aromatic N) is 1. The molecule has 0 saturated heterocycles.